The van der Waals surface area contributed by atoms with Crippen molar-refractivity contribution < 1.29 is 0 Å². The molecule has 4 aromatic rings. The van der Waals surface area contributed by atoms with Crippen LogP contribution in [-0.4, -0.2) is 19.3 Å². The third-order valence-electron chi connectivity index (χ3n) is 4.23. The van der Waals surface area contributed by atoms with Crippen LogP contribution in [0.4, 0.5) is 0 Å². The second-order valence-corrected chi connectivity index (χ2v) is 5.82. The number of nitrogens with zero attached hydrogens (tertiary/aromatic N) is 4. The normalized spacial score (nSPS) is 11.2. The van der Waals surface area contributed by atoms with Gasteiger partial charge in [-0.2, -0.15) is 5.10 Å². The van der Waals surface area contributed by atoms with Gasteiger partial charge >= 0.3 is 0 Å². The first kappa shape index (κ1) is 14.7. The van der Waals surface area contributed by atoms with E-state index in [9.17, 15) is 0 Å². The second kappa shape index (κ2) is 6.29. The molecule has 2 aromatic carbocycles. The van der Waals surface area contributed by atoms with Gasteiger partial charge in [0.15, 0.2) is 0 Å². The summed E-state index contributed by atoms with van der Waals surface area (Å²) in [7, 11) is 1.96. The van der Waals surface area contributed by atoms with Gasteiger partial charge in [-0.3, -0.25) is 9.25 Å². The molecule has 120 valence electrons. The second-order valence-electron chi connectivity index (χ2n) is 5.82. The third-order valence-corrected chi connectivity index (χ3v) is 4.23. The topological polar surface area (TPSA) is 47.7 Å². The van der Waals surface area contributed by atoms with E-state index >= 15 is 0 Å². The molecule has 0 spiro atoms. The lowest BCUT2D eigenvalue weighted by molar-refractivity contribution is 0.626. The molecule has 0 aliphatic heterocycles. The molecule has 0 bridgehead atoms. The average Bonchev–Trinajstić information content (AvgIpc) is 3.22. The summed E-state index contributed by atoms with van der Waals surface area (Å²) in [6.07, 6.45) is 3.70. The van der Waals surface area contributed by atoms with Crippen molar-refractivity contribution in [3.63, 3.8) is 0 Å². The van der Waals surface area contributed by atoms with Crippen molar-refractivity contribution >= 4 is 11.0 Å². The van der Waals surface area contributed by atoms with E-state index < -0.39 is 0 Å². The molecule has 2 heterocycles. The van der Waals surface area contributed by atoms with Gasteiger partial charge in [-0.15, -0.1) is 0 Å². The molecule has 0 atom stereocenters. The molecule has 2 aromatic heterocycles. The van der Waals surface area contributed by atoms with Gasteiger partial charge in [-0.25, -0.2) is 4.98 Å². The summed E-state index contributed by atoms with van der Waals surface area (Å²) < 4.78 is 4.00. The van der Waals surface area contributed by atoms with E-state index in [2.05, 4.69) is 50.3 Å². The monoisotopic (exact) mass is 317 g/mol. The first-order chi connectivity index (χ1) is 11.8. The molecule has 0 fully saturated rings. The van der Waals surface area contributed by atoms with Gasteiger partial charge in [0.05, 0.1) is 16.7 Å². The highest BCUT2D eigenvalue weighted by Crippen LogP contribution is 2.18. The van der Waals surface area contributed by atoms with Gasteiger partial charge in [-0.1, -0.05) is 24.3 Å². The minimum Gasteiger partial charge on any atom is -0.307 e. The van der Waals surface area contributed by atoms with Gasteiger partial charge in [0.1, 0.15) is 6.33 Å². The molecule has 0 amide bonds. The molecule has 24 heavy (non-hydrogen) atoms. The quantitative estimate of drug-likeness (QED) is 0.615. The summed E-state index contributed by atoms with van der Waals surface area (Å²) >= 11 is 0. The van der Waals surface area contributed by atoms with Crippen LogP contribution in [0.1, 0.15) is 11.3 Å². The van der Waals surface area contributed by atoms with Crippen LogP contribution in [0, 0.1) is 0 Å². The molecular weight excluding hydrogens is 298 g/mol. The third kappa shape index (κ3) is 2.81. The lowest BCUT2D eigenvalue weighted by Crippen LogP contribution is -2.15. The van der Waals surface area contributed by atoms with E-state index in [1.54, 1.807) is 0 Å². The summed E-state index contributed by atoms with van der Waals surface area (Å²) in [4.78, 5) is 4.45. The van der Waals surface area contributed by atoms with E-state index in [0.717, 1.165) is 29.8 Å². The van der Waals surface area contributed by atoms with Crippen molar-refractivity contribution in [2.24, 2.45) is 7.05 Å². The highest BCUT2D eigenvalue weighted by molar-refractivity contribution is 5.77. The fourth-order valence-electron chi connectivity index (χ4n) is 2.85. The van der Waals surface area contributed by atoms with Crippen LogP contribution in [0.25, 0.3) is 16.7 Å². The van der Waals surface area contributed by atoms with Crippen LogP contribution in [0.5, 0.6) is 0 Å². The summed E-state index contributed by atoms with van der Waals surface area (Å²) in [6, 6.07) is 18.8. The lowest BCUT2D eigenvalue weighted by Gasteiger charge is -2.08. The Bertz CT molecular complexity index is 949. The van der Waals surface area contributed by atoms with Gasteiger partial charge in [0.2, 0.25) is 0 Å². The van der Waals surface area contributed by atoms with Crippen molar-refractivity contribution in [3.05, 3.63) is 78.4 Å². The molecule has 5 nitrogen and oxygen atoms in total. The smallest absolute Gasteiger partial charge is 0.100 e. The number of hydrogen-bond donors (Lipinski definition) is 1. The number of nitrogens with one attached hydrogen (secondary N) is 1. The number of para-hydroxylation sites is 2. The standard InChI is InChI=1S/C19H19N5/c1-23-17(10-11-22-23)13-20-12-15-6-8-16(9-7-15)24-14-21-18-4-2-3-5-19(18)24/h2-11,14,20H,12-13H2,1H3. The fourth-order valence-corrected chi connectivity index (χ4v) is 2.85. The summed E-state index contributed by atoms with van der Waals surface area (Å²) in [5.74, 6) is 0. The van der Waals surface area contributed by atoms with Crippen molar-refractivity contribution in [3.8, 4) is 5.69 Å². The highest BCUT2D eigenvalue weighted by Gasteiger charge is 2.04. The zero-order valence-electron chi connectivity index (χ0n) is 13.6. The average molecular weight is 317 g/mol. The molecule has 0 aliphatic rings. The zero-order chi connectivity index (χ0) is 16.4. The molecule has 4 rings (SSSR count). The molecule has 0 radical (unpaired) electrons. The predicted molar refractivity (Wildman–Crippen MR) is 94.8 cm³/mol. The Morgan fingerprint density at radius 1 is 0.958 bits per heavy atom. The van der Waals surface area contributed by atoms with Crippen molar-refractivity contribution in [2.75, 3.05) is 0 Å². The maximum Gasteiger partial charge on any atom is 0.100 e. The molecule has 5 heteroatoms. The van der Waals surface area contributed by atoms with Crippen LogP contribution >= 0.6 is 0 Å². The van der Waals surface area contributed by atoms with E-state index in [1.165, 1.54) is 11.3 Å². The number of imidazole rings is 1. The summed E-state index contributed by atoms with van der Waals surface area (Å²) in [5, 5.41) is 7.62. The molecule has 0 unspecified atom stereocenters. The minimum atomic E-state index is 0.810. The van der Waals surface area contributed by atoms with Crippen LogP contribution in [0.3, 0.4) is 0 Å². The predicted octanol–water partition coefficient (Wildman–Crippen LogP) is 3.05. The van der Waals surface area contributed by atoms with Gasteiger partial charge < -0.3 is 5.32 Å². The van der Waals surface area contributed by atoms with Crippen molar-refractivity contribution in [2.45, 2.75) is 13.1 Å². The molecule has 0 aliphatic carbocycles. The zero-order valence-corrected chi connectivity index (χ0v) is 13.6. The van der Waals surface area contributed by atoms with Crippen LogP contribution in [-0.2, 0) is 20.1 Å². The van der Waals surface area contributed by atoms with E-state index in [-0.39, 0.29) is 0 Å². The Morgan fingerprint density at radius 3 is 2.58 bits per heavy atom. The van der Waals surface area contributed by atoms with Gasteiger partial charge in [-0.05, 0) is 35.9 Å². The van der Waals surface area contributed by atoms with Crippen molar-refractivity contribution in [1.29, 1.82) is 0 Å². The Hall–Kier alpha value is -2.92. The summed E-state index contributed by atoms with van der Waals surface area (Å²) in [5.41, 5.74) is 5.69. The van der Waals surface area contributed by atoms with E-state index in [1.807, 2.05) is 48.5 Å². The minimum absolute atomic E-state index is 0.810. The number of rotatable bonds is 5. The Balaban J connectivity index is 1.46. The Kier molecular flexibility index (Phi) is 3.84. The van der Waals surface area contributed by atoms with Crippen LogP contribution in [0.15, 0.2) is 67.1 Å². The van der Waals surface area contributed by atoms with Crippen LogP contribution < -0.4 is 5.32 Å². The Morgan fingerprint density at radius 2 is 1.79 bits per heavy atom. The van der Waals surface area contributed by atoms with E-state index in [4.69, 9.17) is 0 Å². The first-order valence-corrected chi connectivity index (χ1v) is 8.00. The maximum absolute atomic E-state index is 4.45. The lowest BCUT2D eigenvalue weighted by atomic mass is 10.2. The number of fused-ring (bicyclic) bond motifs is 1. The fraction of sp³-hybridized carbons (Fsp3) is 0.158. The first-order valence-electron chi connectivity index (χ1n) is 8.00. The molecule has 0 saturated carbocycles. The number of benzene rings is 2. The maximum atomic E-state index is 4.45. The number of aryl methyl sites for hydroxylation is 1. The largest absolute Gasteiger partial charge is 0.307 e. The van der Waals surface area contributed by atoms with E-state index in [0.29, 0.717) is 0 Å². The molecule has 1 N–H and O–H groups in total. The van der Waals surface area contributed by atoms with Gasteiger partial charge in [0.25, 0.3) is 0 Å². The number of aromatic nitrogens is 4. The van der Waals surface area contributed by atoms with Crippen LogP contribution in [0.2, 0.25) is 0 Å². The highest BCUT2D eigenvalue weighted by atomic mass is 15.3. The summed E-state index contributed by atoms with van der Waals surface area (Å²) in [6.45, 7) is 1.64. The SMILES string of the molecule is Cn1nccc1CNCc1ccc(-n2cnc3ccccc32)cc1. The number of hydrogen-bond acceptors (Lipinski definition) is 3. The molecule has 0 saturated heterocycles. The molecular formula is C19H19N5. The Labute approximate surface area is 140 Å². The van der Waals surface area contributed by atoms with Gasteiger partial charge in [0, 0.05) is 32.0 Å². The van der Waals surface area contributed by atoms with Crippen molar-refractivity contribution in [1.82, 2.24) is 24.6 Å².